The molecule has 33 heavy (non-hydrogen) atoms. The summed E-state index contributed by atoms with van der Waals surface area (Å²) in [5.41, 5.74) is 7.33. The first kappa shape index (κ1) is 22.7. The van der Waals surface area contributed by atoms with Crippen LogP contribution in [0.15, 0.2) is 81.9 Å². The number of amidine groups is 1. The van der Waals surface area contributed by atoms with Crippen LogP contribution in [0.25, 0.3) is 6.08 Å². The van der Waals surface area contributed by atoms with E-state index in [-0.39, 0.29) is 22.5 Å². The summed E-state index contributed by atoms with van der Waals surface area (Å²) in [6.07, 6.45) is 1.55. The molecule has 4 rings (SSSR count). The SMILES string of the molecule is Cc1cccc(C)c1NC(=S)NN1C(=O)/C(=C/c2cc(Br)ccc2O)N=C1c1ccccc1. The number of halogens is 1. The van der Waals surface area contributed by atoms with Crippen molar-refractivity contribution in [3.63, 3.8) is 0 Å². The quantitative estimate of drug-likeness (QED) is 0.321. The Labute approximate surface area is 205 Å². The van der Waals surface area contributed by atoms with Crippen molar-refractivity contribution in [1.82, 2.24) is 10.4 Å². The van der Waals surface area contributed by atoms with E-state index in [9.17, 15) is 9.90 Å². The van der Waals surface area contributed by atoms with E-state index in [1.165, 1.54) is 5.01 Å². The fourth-order valence-electron chi connectivity index (χ4n) is 3.44. The second-order valence-corrected chi connectivity index (χ2v) is 8.83. The van der Waals surface area contributed by atoms with Gasteiger partial charge in [-0.25, -0.2) is 4.99 Å². The molecular formula is C25H21BrN4O2S. The van der Waals surface area contributed by atoms with Crippen molar-refractivity contribution >= 4 is 56.8 Å². The van der Waals surface area contributed by atoms with E-state index < -0.39 is 0 Å². The molecule has 0 radical (unpaired) electrons. The number of benzene rings is 3. The molecule has 0 spiro atoms. The van der Waals surface area contributed by atoms with Gasteiger partial charge in [-0.15, -0.1) is 0 Å². The first-order chi connectivity index (χ1) is 15.8. The number of nitrogens with one attached hydrogen (secondary N) is 2. The monoisotopic (exact) mass is 520 g/mol. The first-order valence-electron chi connectivity index (χ1n) is 10.2. The van der Waals surface area contributed by atoms with Crippen LogP contribution < -0.4 is 10.7 Å². The molecule has 3 aromatic carbocycles. The van der Waals surface area contributed by atoms with Gasteiger partial charge < -0.3 is 10.4 Å². The molecule has 1 amide bonds. The Hall–Kier alpha value is -3.49. The smallest absolute Gasteiger partial charge is 0.297 e. The highest BCUT2D eigenvalue weighted by atomic mass is 79.9. The number of hydrogen-bond acceptors (Lipinski definition) is 4. The number of phenols is 1. The summed E-state index contributed by atoms with van der Waals surface area (Å²) in [7, 11) is 0. The van der Waals surface area contributed by atoms with Crippen molar-refractivity contribution in [2.45, 2.75) is 13.8 Å². The number of aliphatic imine (C=N–C) groups is 1. The Morgan fingerprint density at radius 3 is 2.45 bits per heavy atom. The van der Waals surface area contributed by atoms with Crippen LogP contribution in [0.1, 0.15) is 22.3 Å². The summed E-state index contributed by atoms with van der Waals surface area (Å²) < 4.78 is 0.777. The molecule has 8 heteroatoms. The number of anilines is 1. The molecule has 0 aromatic heterocycles. The van der Waals surface area contributed by atoms with Gasteiger partial charge in [0.15, 0.2) is 10.9 Å². The predicted molar refractivity (Wildman–Crippen MR) is 139 cm³/mol. The van der Waals surface area contributed by atoms with Crippen molar-refractivity contribution in [3.05, 3.63) is 99.2 Å². The normalized spacial score (nSPS) is 14.4. The minimum Gasteiger partial charge on any atom is -0.507 e. The zero-order valence-electron chi connectivity index (χ0n) is 18.0. The summed E-state index contributed by atoms with van der Waals surface area (Å²) >= 11 is 8.91. The summed E-state index contributed by atoms with van der Waals surface area (Å²) in [5.74, 6) is 0.0689. The van der Waals surface area contributed by atoms with Gasteiger partial charge in [-0.3, -0.25) is 10.2 Å². The lowest BCUT2D eigenvalue weighted by Gasteiger charge is -2.22. The van der Waals surface area contributed by atoms with E-state index in [2.05, 4.69) is 31.7 Å². The third-order valence-corrected chi connectivity index (χ3v) is 5.79. The van der Waals surface area contributed by atoms with E-state index in [0.29, 0.717) is 11.4 Å². The van der Waals surface area contributed by atoms with Gasteiger partial charge in [-0.2, -0.15) is 5.01 Å². The molecular weight excluding hydrogens is 500 g/mol. The topological polar surface area (TPSA) is 77.0 Å². The number of phenolic OH excluding ortho intramolecular Hbond substituents is 1. The molecule has 0 aliphatic carbocycles. The summed E-state index contributed by atoms with van der Waals surface area (Å²) in [4.78, 5) is 17.9. The Bertz CT molecular complexity index is 1280. The van der Waals surface area contributed by atoms with Crippen LogP contribution in [0.5, 0.6) is 5.75 Å². The number of rotatable bonds is 4. The summed E-state index contributed by atoms with van der Waals surface area (Å²) in [5, 5.41) is 15.0. The molecule has 0 bridgehead atoms. The van der Waals surface area contributed by atoms with Crippen LogP contribution in [-0.2, 0) is 4.79 Å². The van der Waals surface area contributed by atoms with Crippen molar-refractivity contribution in [3.8, 4) is 5.75 Å². The Morgan fingerprint density at radius 2 is 1.76 bits per heavy atom. The average Bonchev–Trinajstić information content (AvgIpc) is 3.09. The van der Waals surface area contributed by atoms with Crippen LogP contribution >= 0.6 is 28.1 Å². The van der Waals surface area contributed by atoms with Gasteiger partial charge in [0.25, 0.3) is 5.91 Å². The number of hydrogen-bond donors (Lipinski definition) is 3. The Morgan fingerprint density at radius 1 is 1.06 bits per heavy atom. The van der Waals surface area contributed by atoms with Crippen molar-refractivity contribution < 1.29 is 9.90 Å². The zero-order valence-corrected chi connectivity index (χ0v) is 20.4. The number of hydrazine groups is 1. The highest BCUT2D eigenvalue weighted by molar-refractivity contribution is 9.10. The maximum Gasteiger partial charge on any atom is 0.297 e. The van der Waals surface area contributed by atoms with Crippen LogP contribution in [0.4, 0.5) is 5.69 Å². The lowest BCUT2D eigenvalue weighted by Crippen LogP contribution is -2.49. The molecule has 0 unspecified atom stereocenters. The molecule has 3 aromatic rings. The Kier molecular flexibility index (Phi) is 6.57. The van der Waals surface area contributed by atoms with E-state index in [1.54, 1.807) is 24.3 Å². The number of thiocarbonyl (C=S) groups is 1. The molecule has 0 atom stereocenters. The van der Waals surface area contributed by atoms with Crippen molar-refractivity contribution in [1.29, 1.82) is 0 Å². The van der Waals surface area contributed by atoms with Crippen LogP contribution in [0, 0.1) is 13.8 Å². The van der Waals surface area contributed by atoms with E-state index in [0.717, 1.165) is 26.9 Å². The standard InChI is InChI=1S/C25H21BrN4O2S/c1-15-7-6-8-16(2)22(15)28-25(33)29-30-23(17-9-4-3-5-10-17)27-20(24(30)32)14-18-13-19(26)11-12-21(18)31/h3-14,31H,1-2H3,(H2,28,29,33)/b20-14-. The fraction of sp³-hybridized carbons (Fsp3) is 0.0800. The number of amides is 1. The highest BCUT2D eigenvalue weighted by Crippen LogP contribution is 2.27. The number of aryl methyl sites for hydroxylation is 2. The number of nitrogens with zero attached hydrogens (tertiary/aromatic N) is 2. The van der Waals surface area contributed by atoms with Crippen LogP contribution in [0.3, 0.4) is 0 Å². The predicted octanol–water partition coefficient (Wildman–Crippen LogP) is 5.30. The van der Waals surface area contributed by atoms with Crippen LogP contribution in [-0.4, -0.2) is 27.0 Å². The molecule has 166 valence electrons. The maximum absolute atomic E-state index is 13.3. The Balaban J connectivity index is 1.67. The van der Waals surface area contributed by atoms with Gasteiger partial charge in [0.1, 0.15) is 11.4 Å². The second-order valence-electron chi connectivity index (χ2n) is 7.51. The van der Waals surface area contributed by atoms with E-state index >= 15 is 0 Å². The zero-order chi connectivity index (χ0) is 23.5. The number of aromatic hydroxyl groups is 1. The average molecular weight is 521 g/mol. The third kappa shape index (κ3) is 4.97. The minimum atomic E-state index is -0.390. The molecule has 1 aliphatic heterocycles. The van der Waals surface area contributed by atoms with Gasteiger partial charge in [0.2, 0.25) is 0 Å². The number of para-hydroxylation sites is 1. The molecule has 0 fully saturated rings. The van der Waals surface area contributed by atoms with Gasteiger partial charge >= 0.3 is 0 Å². The van der Waals surface area contributed by atoms with Crippen molar-refractivity contribution in [2.75, 3.05) is 5.32 Å². The lowest BCUT2D eigenvalue weighted by atomic mass is 10.1. The number of carbonyl (C=O) groups excluding carboxylic acids is 1. The lowest BCUT2D eigenvalue weighted by molar-refractivity contribution is -0.123. The van der Waals surface area contributed by atoms with Gasteiger partial charge in [-0.1, -0.05) is 64.5 Å². The second kappa shape index (κ2) is 9.56. The minimum absolute atomic E-state index is 0.0496. The van der Waals surface area contributed by atoms with Gasteiger partial charge in [0.05, 0.1) is 0 Å². The largest absolute Gasteiger partial charge is 0.507 e. The molecule has 3 N–H and O–H groups in total. The number of carbonyl (C=O) groups is 1. The fourth-order valence-corrected chi connectivity index (χ4v) is 4.02. The molecule has 1 aliphatic rings. The van der Waals surface area contributed by atoms with E-state index in [4.69, 9.17) is 12.2 Å². The first-order valence-corrected chi connectivity index (χ1v) is 11.4. The van der Waals surface area contributed by atoms with Crippen molar-refractivity contribution in [2.24, 2.45) is 4.99 Å². The molecule has 6 nitrogen and oxygen atoms in total. The third-order valence-electron chi connectivity index (χ3n) is 5.11. The highest BCUT2D eigenvalue weighted by Gasteiger charge is 2.32. The molecule has 0 saturated carbocycles. The van der Waals surface area contributed by atoms with Gasteiger partial charge in [0, 0.05) is 21.3 Å². The molecule has 1 heterocycles. The van der Waals surface area contributed by atoms with Crippen LogP contribution in [0.2, 0.25) is 0 Å². The summed E-state index contributed by atoms with van der Waals surface area (Å²) in [6.45, 7) is 3.97. The van der Waals surface area contributed by atoms with Gasteiger partial charge in [-0.05, 0) is 61.5 Å². The maximum atomic E-state index is 13.3. The summed E-state index contributed by atoms with van der Waals surface area (Å²) in [6, 6.07) is 20.3. The molecule has 0 saturated heterocycles. The van der Waals surface area contributed by atoms with E-state index in [1.807, 2.05) is 62.4 Å².